The zero-order valence-electron chi connectivity index (χ0n) is 17.2. The van der Waals surface area contributed by atoms with E-state index in [2.05, 4.69) is 5.32 Å². The number of aromatic nitrogens is 2. The topological polar surface area (TPSA) is 87.8 Å². The van der Waals surface area contributed by atoms with Gasteiger partial charge in [-0.2, -0.15) is 0 Å². The van der Waals surface area contributed by atoms with E-state index in [1.54, 1.807) is 48.5 Å². The van der Waals surface area contributed by atoms with Gasteiger partial charge in [0.1, 0.15) is 17.2 Å². The fourth-order valence-corrected chi connectivity index (χ4v) is 3.42. The van der Waals surface area contributed by atoms with Crippen molar-refractivity contribution < 1.29 is 4.79 Å². The summed E-state index contributed by atoms with van der Waals surface area (Å²) in [5.41, 5.74) is 2.23. The standard InChI is InChI=1S/C25H19ClN4O2/c1-16(31)17-7-9-18(10-8-17)24-29-23(28-20-5-3-2-4-6-20)22(15-27)25(32)30(24)21-13-11-19(26)12-14-21/h2-15,27-28H,1H3. The molecule has 0 aliphatic rings. The number of ketones is 1. The molecule has 0 aliphatic carbocycles. The maximum atomic E-state index is 13.5. The molecule has 1 aromatic heterocycles. The van der Waals surface area contributed by atoms with Crippen LogP contribution in [-0.2, 0) is 0 Å². The number of carbonyl (C=O) groups excluding carboxylic acids is 1. The molecule has 0 saturated heterocycles. The molecular weight excluding hydrogens is 424 g/mol. The highest BCUT2D eigenvalue weighted by atomic mass is 35.5. The van der Waals surface area contributed by atoms with E-state index in [0.717, 1.165) is 11.9 Å². The van der Waals surface area contributed by atoms with Crippen molar-refractivity contribution in [3.05, 3.63) is 105 Å². The van der Waals surface area contributed by atoms with Crippen molar-refractivity contribution in [1.29, 1.82) is 5.41 Å². The normalized spacial score (nSPS) is 10.6. The Labute approximate surface area is 189 Å². The van der Waals surface area contributed by atoms with Gasteiger partial charge in [0.15, 0.2) is 5.78 Å². The van der Waals surface area contributed by atoms with Crippen LogP contribution in [0.4, 0.5) is 11.5 Å². The average Bonchev–Trinajstić information content (AvgIpc) is 2.80. The molecule has 1 heterocycles. The van der Waals surface area contributed by atoms with E-state index in [4.69, 9.17) is 22.0 Å². The Morgan fingerprint density at radius 1 is 1.00 bits per heavy atom. The van der Waals surface area contributed by atoms with Crippen LogP contribution < -0.4 is 10.9 Å². The lowest BCUT2D eigenvalue weighted by atomic mass is 10.1. The molecule has 7 heteroatoms. The van der Waals surface area contributed by atoms with E-state index in [-0.39, 0.29) is 17.2 Å². The fourth-order valence-electron chi connectivity index (χ4n) is 3.29. The number of nitrogens with zero attached hydrogens (tertiary/aromatic N) is 2. The smallest absolute Gasteiger partial charge is 0.269 e. The first kappa shape index (κ1) is 21.2. The van der Waals surface area contributed by atoms with Crippen LogP contribution in [0.15, 0.2) is 83.7 Å². The summed E-state index contributed by atoms with van der Waals surface area (Å²) >= 11 is 6.04. The Bertz CT molecular complexity index is 1350. The first-order valence-corrected chi connectivity index (χ1v) is 10.2. The Kier molecular flexibility index (Phi) is 5.96. The van der Waals surface area contributed by atoms with Crippen LogP contribution >= 0.6 is 11.6 Å². The van der Waals surface area contributed by atoms with Crippen molar-refractivity contribution in [1.82, 2.24) is 9.55 Å². The number of rotatable bonds is 6. The first-order valence-electron chi connectivity index (χ1n) is 9.85. The molecule has 158 valence electrons. The van der Waals surface area contributed by atoms with Gasteiger partial charge in [0.05, 0.1) is 5.69 Å². The number of hydrogen-bond donors (Lipinski definition) is 2. The summed E-state index contributed by atoms with van der Waals surface area (Å²) < 4.78 is 1.44. The number of Topliss-reactive ketones (excluding diaryl/α,β-unsaturated/α-hetero) is 1. The first-order chi connectivity index (χ1) is 15.5. The average molecular weight is 443 g/mol. The highest BCUT2D eigenvalue weighted by molar-refractivity contribution is 6.30. The zero-order valence-corrected chi connectivity index (χ0v) is 17.9. The Balaban J connectivity index is 1.97. The summed E-state index contributed by atoms with van der Waals surface area (Å²) in [6.07, 6.45) is 0.996. The molecule has 0 atom stereocenters. The summed E-state index contributed by atoms with van der Waals surface area (Å²) in [6.45, 7) is 1.50. The monoisotopic (exact) mass is 442 g/mol. The Hall–Kier alpha value is -4.03. The minimum Gasteiger partial charge on any atom is -0.339 e. The molecule has 4 aromatic rings. The minimum atomic E-state index is -0.401. The molecular formula is C25H19ClN4O2. The van der Waals surface area contributed by atoms with Crippen LogP contribution in [0.3, 0.4) is 0 Å². The van der Waals surface area contributed by atoms with Crippen LogP contribution in [0.1, 0.15) is 22.8 Å². The highest BCUT2D eigenvalue weighted by Crippen LogP contribution is 2.25. The lowest BCUT2D eigenvalue weighted by Crippen LogP contribution is -2.26. The number of hydrogen-bond acceptors (Lipinski definition) is 5. The second kappa shape index (κ2) is 8.99. The molecule has 0 fully saturated rings. The predicted octanol–water partition coefficient (Wildman–Crippen LogP) is 5.50. The predicted molar refractivity (Wildman–Crippen MR) is 128 cm³/mol. The quantitative estimate of drug-likeness (QED) is 0.305. The third kappa shape index (κ3) is 4.22. The zero-order chi connectivity index (χ0) is 22.7. The minimum absolute atomic E-state index is 0.0508. The highest BCUT2D eigenvalue weighted by Gasteiger charge is 2.18. The van der Waals surface area contributed by atoms with Crippen LogP contribution in [0.25, 0.3) is 17.1 Å². The van der Waals surface area contributed by atoms with Gasteiger partial charge in [-0.15, -0.1) is 0 Å². The lowest BCUT2D eigenvalue weighted by molar-refractivity contribution is 0.101. The van der Waals surface area contributed by atoms with Gasteiger partial charge in [-0.1, -0.05) is 54.1 Å². The molecule has 0 spiro atoms. The van der Waals surface area contributed by atoms with E-state index in [1.165, 1.54) is 11.5 Å². The lowest BCUT2D eigenvalue weighted by Gasteiger charge is -2.17. The second-order valence-corrected chi connectivity index (χ2v) is 7.52. The van der Waals surface area contributed by atoms with E-state index in [0.29, 0.717) is 27.7 Å². The van der Waals surface area contributed by atoms with E-state index < -0.39 is 5.56 Å². The number of para-hydroxylation sites is 1. The molecule has 0 amide bonds. The molecule has 3 aromatic carbocycles. The van der Waals surface area contributed by atoms with Crippen LogP contribution in [0, 0.1) is 5.41 Å². The number of nitrogens with one attached hydrogen (secondary N) is 2. The Morgan fingerprint density at radius 3 is 2.25 bits per heavy atom. The number of anilines is 2. The van der Waals surface area contributed by atoms with Crippen molar-refractivity contribution in [3.8, 4) is 17.1 Å². The van der Waals surface area contributed by atoms with E-state index in [9.17, 15) is 9.59 Å². The van der Waals surface area contributed by atoms with Crippen LogP contribution in [-0.4, -0.2) is 21.5 Å². The van der Waals surface area contributed by atoms with Crippen molar-refractivity contribution in [2.45, 2.75) is 6.92 Å². The van der Waals surface area contributed by atoms with Crippen LogP contribution in [0.2, 0.25) is 5.02 Å². The summed E-state index contributed by atoms with van der Waals surface area (Å²) in [6, 6.07) is 23.0. The van der Waals surface area contributed by atoms with Gasteiger partial charge in [-0.25, -0.2) is 4.98 Å². The summed E-state index contributed by atoms with van der Waals surface area (Å²) in [5, 5.41) is 11.5. The van der Waals surface area contributed by atoms with Gasteiger partial charge in [0.25, 0.3) is 5.56 Å². The largest absolute Gasteiger partial charge is 0.339 e. The molecule has 0 radical (unpaired) electrons. The number of benzene rings is 3. The van der Waals surface area contributed by atoms with Crippen LogP contribution in [0.5, 0.6) is 0 Å². The molecule has 2 N–H and O–H groups in total. The maximum absolute atomic E-state index is 13.5. The van der Waals surface area contributed by atoms with Gasteiger partial charge < -0.3 is 10.7 Å². The molecule has 0 unspecified atom stereocenters. The van der Waals surface area contributed by atoms with Gasteiger partial charge in [0, 0.05) is 28.1 Å². The summed E-state index contributed by atoms with van der Waals surface area (Å²) in [5.74, 6) is 0.591. The van der Waals surface area contributed by atoms with E-state index in [1.807, 2.05) is 30.3 Å². The fraction of sp³-hybridized carbons (Fsp3) is 0.0400. The summed E-state index contributed by atoms with van der Waals surface area (Å²) in [4.78, 5) is 29.9. The van der Waals surface area contributed by atoms with Gasteiger partial charge in [-0.05, 0) is 43.3 Å². The third-order valence-corrected chi connectivity index (χ3v) is 5.19. The van der Waals surface area contributed by atoms with Gasteiger partial charge in [0.2, 0.25) is 0 Å². The van der Waals surface area contributed by atoms with Crippen molar-refractivity contribution in [2.24, 2.45) is 0 Å². The molecule has 0 saturated carbocycles. The van der Waals surface area contributed by atoms with Crippen molar-refractivity contribution >= 4 is 35.1 Å². The molecule has 0 aliphatic heterocycles. The van der Waals surface area contributed by atoms with Gasteiger partial charge >= 0.3 is 0 Å². The molecule has 0 bridgehead atoms. The maximum Gasteiger partial charge on any atom is 0.269 e. The summed E-state index contributed by atoms with van der Waals surface area (Å²) in [7, 11) is 0. The van der Waals surface area contributed by atoms with E-state index >= 15 is 0 Å². The molecule has 4 rings (SSSR count). The molecule has 6 nitrogen and oxygen atoms in total. The molecule has 32 heavy (non-hydrogen) atoms. The number of halogens is 1. The van der Waals surface area contributed by atoms with Gasteiger partial charge in [-0.3, -0.25) is 14.2 Å². The third-order valence-electron chi connectivity index (χ3n) is 4.93. The number of carbonyl (C=O) groups is 1. The Morgan fingerprint density at radius 2 is 1.66 bits per heavy atom. The van der Waals surface area contributed by atoms with Crippen molar-refractivity contribution in [2.75, 3.05) is 5.32 Å². The van der Waals surface area contributed by atoms with Crippen molar-refractivity contribution in [3.63, 3.8) is 0 Å². The second-order valence-electron chi connectivity index (χ2n) is 7.08. The SMILES string of the molecule is CC(=O)c1ccc(-c2nc(Nc3ccccc3)c(C=N)c(=O)n2-c2ccc(Cl)cc2)cc1.